The number of hydrogen-bond donors (Lipinski definition) is 0. The fourth-order valence-electron chi connectivity index (χ4n) is 10.5. The molecule has 2 bridgehead atoms. The molecular formula is C26H44. The molecule has 12 unspecified atom stereocenters. The second kappa shape index (κ2) is 5.76. The maximum atomic E-state index is 2.71. The van der Waals surface area contributed by atoms with E-state index >= 15 is 0 Å². The van der Waals surface area contributed by atoms with Crippen molar-refractivity contribution in [2.45, 2.75) is 92.9 Å². The zero-order chi connectivity index (χ0) is 18.4. The second-order valence-electron chi connectivity index (χ2n) is 12.4. The molecule has 26 heavy (non-hydrogen) atoms. The monoisotopic (exact) mass is 356 g/mol. The molecule has 0 N–H and O–H groups in total. The fraction of sp³-hybridized carbons (Fsp3) is 1.00. The van der Waals surface area contributed by atoms with Gasteiger partial charge in [0.1, 0.15) is 0 Å². The van der Waals surface area contributed by atoms with Crippen molar-refractivity contribution in [2.24, 2.45) is 70.0 Å². The minimum atomic E-state index is 0.757. The smallest absolute Gasteiger partial charge is 0.0196 e. The maximum Gasteiger partial charge on any atom is -0.0196 e. The van der Waals surface area contributed by atoms with Gasteiger partial charge in [0, 0.05) is 0 Å². The third kappa shape index (κ3) is 2.20. The molecule has 148 valence electrons. The summed E-state index contributed by atoms with van der Waals surface area (Å²) >= 11 is 0. The molecular weight excluding hydrogens is 312 g/mol. The Labute approximate surface area is 163 Å². The van der Waals surface area contributed by atoms with Crippen LogP contribution in [0.25, 0.3) is 0 Å². The average molecular weight is 357 g/mol. The first-order valence-corrected chi connectivity index (χ1v) is 12.3. The highest BCUT2D eigenvalue weighted by Gasteiger charge is 2.80. The van der Waals surface area contributed by atoms with Gasteiger partial charge in [0.15, 0.2) is 0 Å². The summed E-state index contributed by atoms with van der Waals surface area (Å²) in [6, 6.07) is 0. The number of hydrogen-bond acceptors (Lipinski definition) is 0. The van der Waals surface area contributed by atoms with Crippen molar-refractivity contribution in [2.75, 3.05) is 0 Å². The summed E-state index contributed by atoms with van der Waals surface area (Å²) in [6.45, 7) is 15.6. The largest absolute Gasteiger partial charge is 0.0654 e. The highest BCUT2D eigenvalue weighted by Crippen LogP contribution is 2.86. The summed E-state index contributed by atoms with van der Waals surface area (Å²) < 4.78 is 0. The van der Waals surface area contributed by atoms with Gasteiger partial charge in [-0.2, -0.15) is 0 Å². The molecule has 0 heterocycles. The maximum absolute atomic E-state index is 2.71. The van der Waals surface area contributed by atoms with E-state index in [1.165, 1.54) is 19.3 Å². The van der Waals surface area contributed by atoms with Crippen LogP contribution < -0.4 is 0 Å². The van der Waals surface area contributed by atoms with Crippen LogP contribution >= 0.6 is 0 Å². The lowest BCUT2D eigenvalue weighted by atomic mass is 9.71. The highest BCUT2D eigenvalue weighted by molar-refractivity contribution is 5.28. The van der Waals surface area contributed by atoms with Crippen LogP contribution in [0.5, 0.6) is 0 Å². The predicted molar refractivity (Wildman–Crippen MR) is 111 cm³/mol. The highest BCUT2D eigenvalue weighted by atomic mass is 14.8. The van der Waals surface area contributed by atoms with Gasteiger partial charge in [0.2, 0.25) is 0 Å². The van der Waals surface area contributed by atoms with Gasteiger partial charge in [-0.15, -0.1) is 0 Å². The minimum Gasteiger partial charge on any atom is -0.0654 e. The summed E-state index contributed by atoms with van der Waals surface area (Å²) in [5, 5.41) is 0. The molecule has 0 aliphatic heterocycles. The lowest BCUT2D eigenvalue weighted by Gasteiger charge is -2.33. The SMILES string of the molecule is CCCC1C(C)CC23CC24CC(C)C(C(C)CC(C)CC2CC2C13)C4C. The van der Waals surface area contributed by atoms with Crippen LogP contribution in [-0.4, -0.2) is 0 Å². The third-order valence-corrected chi connectivity index (χ3v) is 11.0. The Bertz CT molecular complexity index is 564. The molecule has 0 aromatic heterocycles. The van der Waals surface area contributed by atoms with E-state index in [0.717, 1.165) is 70.0 Å². The van der Waals surface area contributed by atoms with Crippen molar-refractivity contribution in [3.8, 4) is 0 Å². The summed E-state index contributed by atoms with van der Waals surface area (Å²) in [7, 11) is 0. The average Bonchev–Trinajstić information content (AvgIpc) is 3.37. The van der Waals surface area contributed by atoms with Gasteiger partial charge in [-0.25, -0.2) is 0 Å². The van der Waals surface area contributed by atoms with Crippen molar-refractivity contribution in [1.29, 1.82) is 0 Å². The Morgan fingerprint density at radius 1 is 0.808 bits per heavy atom. The van der Waals surface area contributed by atoms with E-state index < -0.39 is 0 Å². The quantitative estimate of drug-likeness (QED) is 0.482. The van der Waals surface area contributed by atoms with Gasteiger partial charge >= 0.3 is 0 Å². The van der Waals surface area contributed by atoms with E-state index in [0.29, 0.717) is 0 Å². The molecule has 0 heteroatoms. The van der Waals surface area contributed by atoms with Gasteiger partial charge in [-0.3, -0.25) is 0 Å². The summed E-state index contributed by atoms with van der Waals surface area (Å²) in [4.78, 5) is 0. The van der Waals surface area contributed by atoms with Gasteiger partial charge in [0.25, 0.3) is 0 Å². The Hall–Kier alpha value is 0. The Morgan fingerprint density at radius 2 is 1.54 bits per heavy atom. The topological polar surface area (TPSA) is 0 Å². The molecule has 0 amide bonds. The van der Waals surface area contributed by atoms with Crippen LogP contribution in [0.15, 0.2) is 0 Å². The van der Waals surface area contributed by atoms with Gasteiger partial charge in [-0.05, 0) is 109 Å². The zero-order valence-corrected chi connectivity index (χ0v) is 18.4. The first-order valence-electron chi connectivity index (χ1n) is 12.3. The Kier molecular flexibility index (Phi) is 4.00. The number of rotatable bonds is 2. The van der Waals surface area contributed by atoms with Crippen LogP contribution in [0.1, 0.15) is 92.9 Å². The van der Waals surface area contributed by atoms with Crippen molar-refractivity contribution in [1.82, 2.24) is 0 Å². The number of fused-ring (bicyclic) bond motifs is 3. The standard InChI is InChI=1S/C26H44/c1-7-8-21-17(4)12-26-14-25(26)13-18(5)23(19(25)6)16(3)9-15(2)10-20-11-22(20)24(21)26/h15-24H,7-14H2,1-6H3. The van der Waals surface area contributed by atoms with Crippen LogP contribution in [0.4, 0.5) is 0 Å². The Balaban J connectivity index is 1.56. The minimum absolute atomic E-state index is 0.757. The molecule has 5 aliphatic rings. The summed E-state index contributed by atoms with van der Waals surface area (Å²) in [5.74, 6) is 10.3. The first-order chi connectivity index (χ1) is 12.3. The van der Waals surface area contributed by atoms with Crippen LogP contribution in [0, 0.1) is 70.0 Å². The van der Waals surface area contributed by atoms with E-state index in [2.05, 4.69) is 41.5 Å². The third-order valence-electron chi connectivity index (χ3n) is 11.0. The lowest BCUT2D eigenvalue weighted by Crippen LogP contribution is -2.28. The van der Waals surface area contributed by atoms with Crippen molar-refractivity contribution >= 4 is 0 Å². The van der Waals surface area contributed by atoms with Crippen LogP contribution in [0.3, 0.4) is 0 Å². The first kappa shape index (κ1) is 18.1. The molecule has 2 spiro atoms. The molecule has 5 fully saturated rings. The van der Waals surface area contributed by atoms with Gasteiger partial charge in [-0.1, -0.05) is 54.4 Å². The molecule has 12 atom stereocenters. The molecule has 0 nitrogen and oxygen atoms in total. The van der Waals surface area contributed by atoms with Gasteiger partial charge in [0.05, 0.1) is 0 Å². The van der Waals surface area contributed by atoms with Crippen molar-refractivity contribution < 1.29 is 0 Å². The molecule has 0 aromatic rings. The second-order valence-corrected chi connectivity index (χ2v) is 12.4. The van der Waals surface area contributed by atoms with E-state index in [1.807, 2.05) is 0 Å². The van der Waals surface area contributed by atoms with E-state index in [9.17, 15) is 0 Å². The molecule has 0 radical (unpaired) electrons. The zero-order valence-electron chi connectivity index (χ0n) is 18.4. The molecule has 5 aliphatic carbocycles. The molecule has 0 aromatic carbocycles. The normalized spacial score (nSPS) is 63.5. The van der Waals surface area contributed by atoms with E-state index in [4.69, 9.17) is 0 Å². The van der Waals surface area contributed by atoms with Crippen molar-refractivity contribution in [3.63, 3.8) is 0 Å². The molecule has 5 rings (SSSR count). The van der Waals surface area contributed by atoms with Crippen LogP contribution in [-0.2, 0) is 0 Å². The van der Waals surface area contributed by atoms with Crippen molar-refractivity contribution in [3.05, 3.63) is 0 Å². The van der Waals surface area contributed by atoms with Gasteiger partial charge < -0.3 is 0 Å². The predicted octanol–water partition coefficient (Wildman–Crippen LogP) is 7.43. The Morgan fingerprint density at radius 3 is 2.27 bits per heavy atom. The summed E-state index contributed by atoms with van der Waals surface area (Å²) in [6.07, 6.45) is 12.4. The fourth-order valence-corrected chi connectivity index (χ4v) is 10.5. The lowest BCUT2D eigenvalue weighted by molar-refractivity contribution is 0.141. The van der Waals surface area contributed by atoms with Crippen LogP contribution in [0.2, 0.25) is 0 Å². The molecule has 0 saturated heterocycles. The molecule has 5 saturated carbocycles. The van der Waals surface area contributed by atoms with E-state index in [-0.39, 0.29) is 0 Å². The van der Waals surface area contributed by atoms with E-state index in [1.54, 1.807) is 32.1 Å². The summed E-state index contributed by atoms with van der Waals surface area (Å²) in [5.41, 5.74) is 1.54.